The number of alkyl halides is 3. The van der Waals surface area contributed by atoms with Gasteiger partial charge in [0.2, 0.25) is 10.0 Å². The molecule has 106 valence electrons. The van der Waals surface area contributed by atoms with E-state index >= 15 is 0 Å². The minimum atomic E-state index is -4.69. The third-order valence-electron chi connectivity index (χ3n) is 2.22. The van der Waals surface area contributed by atoms with E-state index < -0.39 is 39.0 Å². The molecule has 5 nitrogen and oxygen atoms in total. The lowest BCUT2D eigenvalue weighted by molar-refractivity contribution is -0.137. The van der Waals surface area contributed by atoms with Crippen LogP contribution in [0.1, 0.15) is 22.8 Å². The van der Waals surface area contributed by atoms with Crippen LogP contribution in [-0.4, -0.2) is 25.2 Å². The second kappa shape index (κ2) is 5.08. The summed E-state index contributed by atoms with van der Waals surface area (Å²) in [4.78, 5) is 10.8. The molecule has 0 aliphatic heterocycles. The zero-order valence-electron chi connectivity index (χ0n) is 9.65. The first-order valence-electron chi connectivity index (χ1n) is 5.02. The van der Waals surface area contributed by atoms with Gasteiger partial charge in [-0.1, -0.05) is 0 Å². The third kappa shape index (κ3) is 3.85. The molecule has 0 radical (unpaired) electrons. The van der Waals surface area contributed by atoms with Gasteiger partial charge in [0.1, 0.15) is 0 Å². The van der Waals surface area contributed by atoms with Crippen molar-refractivity contribution in [2.75, 3.05) is 10.5 Å². The summed E-state index contributed by atoms with van der Waals surface area (Å²) in [7, 11) is -3.87. The molecule has 0 aliphatic rings. The molecule has 19 heavy (non-hydrogen) atoms. The number of carbonyl (C=O) groups is 1. The van der Waals surface area contributed by atoms with Crippen LogP contribution in [-0.2, 0) is 16.2 Å². The zero-order chi connectivity index (χ0) is 14.8. The van der Waals surface area contributed by atoms with E-state index in [1.165, 1.54) is 6.92 Å². The number of nitrogens with one attached hydrogen (secondary N) is 1. The lowest BCUT2D eigenvalue weighted by atomic mass is 10.1. The van der Waals surface area contributed by atoms with Crippen LogP contribution >= 0.6 is 0 Å². The van der Waals surface area contributed by atoms with Crippen LogP contribution in [0, 0.1) is 0 Å². The van der Waals surface area contributed by atoms with E-state index in [1.54, 1.807) is 0 Å². The van der Waals surface area contributed by atoms with Crippen molar-refractivity contribution < 1.29 is 31.5 Å². The Morgan fingerprint density at radius 3 is 2.37 bits per heavy atom. The molecule has 1 rings (SSSR count). The number of anilines is 1. The van der Waals surface area contributed by atoms with Gasteiger partial charge in [0.15, 0.2) is 0 Å². The SMILES string of the molecule is CCS(=O)(=O)Nc1cc(C(F)(F)F)ccc1C(=O)O. The van der Waals surface area contributed by atoms with Crippen molar-refractivity contribution in [3.63, 3.8) is 0 Å². The van der Waals surface area contributed by atoms with Gasteiger partial charge in [0.05, 0.1) is 22.6 Å². The minimum Gasteiger partial charge on any atom is -0.478 e. The van der Waals surface area contributed by atoms with Gasteiger partial charge in [0, 0.05) is 0 Å². The lowest BCUT2D eigenvalue weighted by Crippen LogP contribution is -2.18. The van der Waals surface area contributed by atoms with E-state index in [0.717, 1.165) is 0 Å². The van der Waals surface area contributed by atoms with Gasteiger partial charge in [0.25, 0.3) is 0 Å². The summed E-state index contributed by atoms with van der Waals surface area (Å²) in [5.41, 5.74) is -2.29. The number of benzene rings is 1. The summed E-state index contributed by atoms with van der Waals surface area (Å²) >= 11 is 0. The van der Waals surface area contributed by atoms with Crippen molar-refractivity contribution in [3.8, 4) is 0 Å². The van der Waals surface area contributed by atoms with Gasteiger partial charge in [-0.25, -0.2) is 13.2 Å². The van der Waals surface area contributed by atoms with Gasteiger partial charge in [-0.3, -0.25) is 4.72 Å². The molecule has 0 saturated heterocycles. The molecular formula is C10H10F3NO4S. The minimum absolute atomic E-state index is 0.387. The highest BCUT2D eigenvalue weighted by Gasteiger charge is 2.32. The lowest BCUT2D eigenvalue weighted by Gasteiger charge is -2.13. The topological polar surface area (TPSA) is 83.5 Å². The average molecular weight is 297 g/mol. The van der Waals surface area contributed by atoms with Gasteiger partial charge in [-0.05, 0) is 25.1 Å². The molecule has 0 amide bonds. The smallest absolute Gasteiger partial charge is 0.416 e. The molecule has 0 unspecified atom stereocenters. The molecule has 9 heteroatoms. The van der Waals surface area contributed by atoms with Crippen LogP contribution in [0.2, 0.25) is 0 Å². The second-order valence-corrected chi connectivity index (χ2v) is 5.58. The van der Waals surface area contributed by atoms with Crippen LogP contribution in [0.25, 0.3) is 0 Å². The Hall–Kier alpha value is -1.77. The third-order valence-corrected chi connectivity index (χ3v) is 3.51. The number of hydrogen-bond acceptors (Lipinski definition) is 3. The monoisotopic (exact) mass is 297 g/mol. The quantitative estimate of drug-likeness (QED) is 0.892. The number of hydrogen-bond donors (Lipinski definition) is 2. The van der Waals surface area contributed by atoms with Crippen molar-refractivity contribution >= 4 is 21.7 Å². The highest BCUT2D eigenvalue weighted by molar-refractivity contribution is 7.92. The van der Waals surface area contributed by atoms with Gasteiger partial charge in [-0.2, -0.15) is 13.2 Å². The fourth-order valence-corrected chi connectivity index (χ4v) is 1.88. The Kier molecular flexibility index (Phi) is 4.09. The van der Waals surface area contributed by atoms with E-state index in [4.69, 9.17) is 5.11 Å². The first-order chi connectivity index (χ1) is 8.57. The Labute approximate surface area is 107 Å². The van der Waals surface area contributed by atoms with Crippen molar-refractivity contribution in [3.05, 3.63) is 29.3 Å². The predicted molar refractivity (Wildman–Crippen MR) is 61.5 cm³/mol. The van der Waals surface area contributed by atoms with Crippen molar-refractivity contribution in [1.82, 2.24) is 0 Å². The van der Waals surface area contributed by atoms with Crippen molar-refractivity contribution in [1.29, 1.82) is 0 Å². The second-order valence-electron chi connectivity index (χ2n) is 3.57. The molecular weight excluding hydrogens is 287 g/mol. The molecule has 0 spiro atoms. The summed E-state index contributed by atoms with van der Waals surface area (Å²) in [5, 5.41) is 8.81. The maximum atomic E-state index is 12.5. The first-order valence-corrected chi connectivity index (χ1v) is 6.67. The summed E-state index contributed by atoms with van der Waals surface area (Å²) in [6, 6.07) is 1.74. The summed E-state index contributed by atoms with van der Waals surface area (Å²) in [5.74, 6) is -1.91. The largest absolute Gasteiger partial charge is 0.478 e. The Morgan fingerprint density at radius 1 is 1.37 bits per heavy atom. The Balaban J connectivity index is 3.36. The fourth-order valence-electron chi connectivity index (χ4n) is 1.23. The zero-order valence-corrected chi connectivity index (χ0v) is 10.5. The van der Waals surface area contributed by atoms with Gasteiger partial charge >= 0.3 is 12.1 Å². The average Bonchev–Trinajstić information content (AvgIpc) is 2.27. The molecule has 0 saturated carbocycles. The number of aromatic carboxylic acids is 1. The fraction of sp³-hybridized carbons (Fsp3) is 0.300. The van der Waals surface area contributed by atoms with E-state index in [0.29, 0.717) is 18.2 Å². The van der Waals surface area contributed by atoms with Crippen LogP contribution in [0.15, 0.2) is 18.2 Å². The van der Waals surface area contributed by atoms with E-state index in [9.17, 15) is 26.4 Å². The standard InChI is InChI=1S/C10H10F3NO4S/c1-2-19(17,18)14-8-5-6(10(11,12)13)3-4-7(8)9(15)16/h3-5,14H,2H2,1H3,(H,15,16). The van der Waals surface area contributed by atoms with Crippen LogP contribution < -0.4 is 4.72 Å². The Morgan fingerprint density at radius 2 is 1.95 bits per heavy atom. The molecule has 0 aromatic heterocycles. The molecule has 1 aromatic rings. The summed E-state index contributed by atoms with van der Waals surface area (Å²) in [6.07, 6.45) is -4.69. The molecule has 1 aromatic carbocycles. The summed E-state index contributed by atoms with van der Waals surface area (Å²) in [6.45, 7) is 1.27. The number of rotatable bonds is 4. The number of halogens is 3. The summed E-state index contributed by atoms with van der Waals surface area (Å²) < 4.78 is 61.9. The van der Waals surface area contributed by atoms with Crippen molar-refractivity contribution in [2.45, 2.75) is 13.1 Å². The van der Waals surface area contributed by atoms with E-state index in [1.807, 2.05) is 4.72 Å². The number of carboxylic acid groups (broad SMARTS) is 1. The first kappa shape index (κ1) is 15.3. The highest BCUT2D eigenvalue weighted by atomic mass is 32.2. The molecule has 0 bridgehead atoms. The maximum Gasteiger partial charge on any atom is 0.416 e. The van der Waals surface area contributed by atoms with E-state index in [2.05, 4.69) is 0 Å². The maximum absolute atomic E-state index is 12.5. The van der Waals surface area contributed by atoms with E-state index in [-0.39, 0.29) is 5.75 Å². The molecule has 0 atom stereocenters. The highest BCUT2D eigenvalue weighted by Crippen LogP contribution is 2.32. The van der Waals surface area contributed by atoms with Gasteiger partial charge < -0.3 is 5.11 Å². The van der Waals surface area contributed by atoms with Crippen LogP contribution in [0.4, 0.5) is 18.9 Å². The molecule has 2 N–H and O–H groups in total. The molecule has 0 aliphatic carbocycles. The van der Waals surface area contributed by atoms with Gasteiger partial charge in [-0.15, -0.1) is 0 Å². The van der Waals surface area contributed by atoms with Crippen LogP contribution in [0.5, 0.6) is 0 Å². The van der Waals surface area contributed by atoms with Crippen LogP contribution in [0.3, 0.4) is 0 Å². The number of carboxylic acids is 1. The molecule has 0 fully saturated rings. The van der Waals surface area contributed by atoms with Crippen molar-refractivity contribution in [2.24, 2.45) is 0 Å². The molecule has 0 heterocycles. The normalized spacial score (nSPS) is 12.2. The predicted octanol–water partition coefficient (Wildman–Crippen LogP) is 2.17. The Bertz CT molecular complexity index is 595. The number of sulfonamides is 1.